The molecule has 4 nitrogen and oxygen atoms in total. The van der Waals surface area contributed by atoms with Crippen LogP contribution < -0.4 is 5.32 Å². The number of amides is 1. The predicted octanol–water partition coefficient (Wildman–Crippen LogP) is 2.64. The summed E-state index contributed by atoms with van der Waals surface area (Å²) >= 11 is 1.37. The van der Waals surface area contributed by atoms with Gasteiger partial charge in [-0.25, -0.2) is 4.98 Å². The molecule has 1 amide bonds. The summed E-state index contributed by atoms with van der Waals surface area (Å²) in [4.78, 5) is 17.3. The molecule has 0 saturated heterocycles. The van der Waals surface area contributed by atoms with Crippen LogP contribution in [0.1, 0.15) is 44.4 Å². The minimum Gasteiger partial charge on any atom is -0.395 e. The summed E-state index contributed by atoms with van der Waals surface area (Å²) in [6.07, 6.45) is 5.27. The van der Waals surface area contributed by atoms with E-state index in [1.807, 2.05) is 0 Å². The summed E-state index contributed by atoms with van der Waals surface area (Å²) in [5.74, 6) is 5.90. The highest BCUT2D eigenvalue weighted by atomic mass is 32.1. The van der Waals surface area contributed by atoms with E-state index in [9.17, 15) is 4.79 Å². The Morgan fingerprint density at radius 3 is 3.10 bits per heavy atom. The zero-order chi connectivity index (χ0) is 14.6. The fourth-order valence-corrected chi connectivity index (χ4v) is 3.29. The van der Waals surface area contributed by atoms with Crippen LogP contribution in [0.2, 0.25) is 0 Å². The van der Waals surface area contributed by atoms with Crippen molar-refractivity contribution in [3.05, 3.63) is 11.1 Å². The molecule has 2 N–H and O–H groups in total. The topological polar surface area (TPSA) is 62.2 Å². The van der Waals surface area contributed by atoms with Crippen LogP contribution in [0, 0.1) is 23.2 Å². The van der Waals surface area contributed by atoms with Gasteiger partial charge in [0.1, 0.15) is 0 Å². The standard InChI is InChI=1S/C15H20N2O2S/c1-15(2)8-5-7-12(15)13(19)17-14-16-10-11(20-14)6-3-4-9-18/h10,12,18H,4-5,7-9H2,1-2H3,(H,16,17,19). The number of carbonyl (C=O) groups is 1. The second-order valence-electron chi connectivity index (χ2n) is 5.73. The first-order valence-corrected chi connectivity index (χ1v) is 7.71. The van der Waals surface area contributed by atoms with Gasteiger partial charge in [-0.05, 0) is 18.3 Å². The maximum absolute atomic E-state index is 12.3. The van der Waals surface area contributed by atoms with Gasteiger partial charge in [0, 0.05) is 12.3 Å². The first kappa shape index (κ1) is 15.0. The number of anilines is 1. The van der Waals surface area contributed by atoms with Crippen molar-refractivity contribution in [1.82, 2.24) is 4.98 Å². The van der Waals surface area contributed by atoms with Gasteiger partial charge < -0.3 is 10.4 Å². The molecular weight excluding hydrogens is 272 g/mol. The minimum absolute atomic E-state index is 0.0617. The fraction of sp³-hybridized carbons (Fsp3) is 0.600. The van der Waals surface area contributed by atoms with E-state index in [-0.39, 0.29) is 23.8 Å². The number of hydrogen-bond acceptors (Lipinski definition) is 4. The lowest BCUT2D eigenvalue weighted by molar-refractivity contribution is -0.122. The van der Waals surface area contributed by atoms with Crippen LogP contribution in [0.15, 0.2) is 6.20 Å². The highest BCUT2D eigenvalue weighted by molar-refractivity contribution is 7.16. The molecule has 108 valence electrons. The van der Waals surface area contributed by atoms with Crippen molar-refractivity contribution in [2.24, 2.45) is 11.3 Å². The Kier molecular flexibility index (Phi) is 4.79. The Morgan fingerprint density at radius 1 is 1.65 bits per heavy atom. The third-order valence-electron chi connectivity index (χ3n) is 3.76. The van der Waals surface area contributed by atoms with Crippen molar-refractivity contribution in [1.29, 1.82) is 0 Å². The molecule has 1 aliphatic carbocycles. The number of aliphatic hydroxyl groups is 1. The van der Waals surface area contributed by atoms with E-state index >= 15 is 0 Å². The first-order valence-electron chi connectivity index (χ1n) is 6.89. The Bertz CT molecular complexity index is 540. The van der Waals surface area contributed by atoms with E-state index in [0.717, 1.165) is 24.1 Å². The number of thiazole rings is 1. The molecule has 1 aromatic heterocycles. The number of nitrogens with zero attached hydrogens (tertiary/aromatic N) is 1. The lowest BCUT2D eigenvalue weighted by Crippen LogP contribution is -2.30. The van der Waals surface area contributed by atoms with Crippen molar-refractivity contribution < 1.29 is 9.90 Å². The van der Waals surface area contributed by atoms with Crippen LogP contribution >= 0.6 is 11.3 Å². The molecule has 0 spiro atoms. The summed E-state index contributed by atoms with van der Waals surface area (Å²) in [6.45, 7) is 4.36. The van der Waals surface area contributed by atoms with Crippen molar-refractivity contribution in [3.63, 3.8) is 0 Å². The average molecular weight is 292 g/mol. The molecule has 1 fully saturated rings. The van der Waals surface area contributed by atoms with Crippen LogP contribution in [-0.4, -0.2) is 22.6 Å². The summed E-state index contributed by atoms with van der Waals surface area (Å²) < 4.78 is 0. The third kappa shape index (κ3) is 3.59. The number of aromatic nitrogens is 1. The molecule has 1 saturated carbocycles. The molecule has 0 radical (unpaired) electrons. The van der Waals surface area contributed by atoms with Gasteiger partial charge in [-0.3, -0.25) is 4.79 Å². The molecule has 2 rings (SSSR count). The van der Waals surface area contributed by atoms with Crippen molar-refractivity contribution in [2.45, 2.75) is 39.5 Å². The Hall–Kier alpha value is -1.38. The molecule has 1 aliphatic rings. The number of rotatable bonds is 3. The Morgan fingerprint density at radius 2 is 2.45 bits per heavy atom. The summed E-state index contributed by atoms with van der Waals surface area (Å²) in [5.41, 5.74) is 0.0745. The van der Waals surface area contributed by atoms with E-state index in [2.05, 4.69) is 36.0 Å². The lowest BCUT2D eigenvalue weighted by Gasteiger charge is -2.25. The van der Waals surface area contributed by atoms with Gasteiger partial charge in [-0.2, -0.15) is 0 Å². The smallest absolute Gasteiger partial charge is 0.229 e. The second kappa shape index (κ2) is 6.38. The average Bonchev–Trinajstić information content (AvgIpc) is 2.96. The molecule has 1 atom stereocenters. The normalized spacial score (nSPS) is 20.2. The van der Waals surface area contributed by atoms with E-state index < -0.39 is 0 Å². The Labute approximate surface area is 123 Å². The SMILES string of the molecule is CC1(C)CCCC1C(=O)Nc1ncc(C#CCCO)s1. The monoisotopic (exact) mass is 292 g/mol. The largest absolute Gasteiger partial charge is 0.395 e. The van der Waals surface area contributed by atoms with Gasteiger partial charge in [0.15, 0.2) is 5.13 Å². The molecular formula is C15H20N2O2S. The van der Waals surface area contributed by atoms with E-state index in [1.165, 1.54) is 11.3 Å². The predicted molar refractivity (Wildman–Crippen MR) is 80.4 cm³/mol. The zero-order valence-electron chi connectivity index (χ0n) is 11.9. The highest BCUT2D eigenvalue weighted by Crippen LogP contribution is 2.43. The van der Waals surface area contributed by atoms with Gasteiger partial charge in [0.25, 0.3) is 0 Å². The molecule has 0 aliphatic heterocycles. The van der Waals surface area contributed by atoms with Crippen LogP contribution in [0.3, 0.4) is 0 Å². The summed E-state index contributed by atoms with van der Waals surface area (Å²) in [7, 11) is 0. The van der Waals surface area contributed by atoms with E-state index in [1.54, 1.807) is 6.20 Å². The quantitative estimate of drug-likeness (QED) is 0.842. The fourth-order valence-electron chi connectivity index (χ4n) is 2.60. The number of hydrogen-bond donors (Lipinski definition) is 2. The highest BCUT2D eigenvalue weighted by Gasteiger charge is 2.39. The van der Waals surface area contributed by atoms with Gasteiger partial charge in [0.2, 0.25) is 5.91 Å². The van der Waals surface area contributed by atoms with Crippen LogP contribution in [0.25, 0.3) is 0 Å². The van der Waals surface area contributed by atoms with Crippen LogP contribution in [0.5, 0.6) is 0 Å². The minimum atomic E-state index is 0.0617. The van der Waals surface area contributed by atoms with Crippen LogP contribution in [-0.2, 0) is 4.79 Å². The third-order valence-corrected chi connectivity index (χ3v) is 4.59. The van der Waals surface area contributed by atoms with Crippen molar-refractivity contribution in [3.8, 4) is 11.8 Å². The van der Waals surface area contributed by atoms with Gasteiger partial charge >= 0.3 is 0 Å². The molecule has 0 bridgehead atoms. The molecule has 1 unspecified atom stereocenters. The van der Waals surface area contributed by atoms with Gasteiger partial charge in [-0.15, -0.1) is 0 Å². The second-order valence-corrected chi connectivity index (χ2v) is 6.76. The summed E-state index contributed by atoms with van der Waals surface area (Å²) in [6, 6.07) is 0. The number of carbonyl (C=O) groups excluding carboxylic acids is 1. The van der Waals surface area contributed by atoms with Crippen molar-refractivity contribution >= 4 is 22.4 Å². The maximum atomic E-state index is 12.3. The molecule has 5 heteroatoms. The molecule has 0 aromatic carbocycles. The molecule has 1 aromatic rings. The molecule has 1 heterocycles. The van der Waals surface area contributed by atoms with E-state index in [0.29, 0.717) is 11.6 Å². The number of nitrogens with one attached hydrogen (secondary N) is 1. The van der Waals surface area contributed by atoms with E-state index in [4.69, 9.17) is 5.11 Å². The van der Waals surface area contributed by atoms with Crippen LogP contribution in [0.4, 0.5) is 5.13 Å². The van der Waals surface area contributed by atoms with Crippen molar-refractivity contribution in [2.75, 3.05) is 11.9 Å². The Balaban J connectivity index is 1.97. The summed E-state index contributed by atoms with van der Waals surface area (Å²) in [5, 5.41) is 12.2. The number of aliphatic hydroxyl groups excluding tert-OH is 1. The zero-order valence-corrected chi connectivity index (χ0v) is 12.7. The first-order chi connectivity index (χ1) is 9.53. The van der Waals surface area contributed by atoms with Gasteiger partial charge in [-0.1, -0.05) is 43.4 Å². The maximum Gasteiger partial charge on any atom is 0.229 e. The molecule has 20 heavy (non-hydrogen) atoms. The lowest BCUT2D eigenvalue weighted by atomic mass is 9.81. The van der Waals surface area contributed by atoms with Gasteiger partial charge in [0.05, 0.1) is 17.7 Å².